The van der Waals surface area contributed by atoms with Crippen molar-refractivity contribution in [3.63, 3.8) is 0 Å². The largest absolute Gasteiger partial charge is 0.483 e. The first-order valence-electron chi connectivity index (χ1n) is 7.38. The van der Waals surface area contributed by atoms with Gasteiger partial charge in [-0.3, -0.25) is 4.79 Å². The highest BCUT2D eigenvalue weighted by atomic mass is 16.5. The molecule has 0 aliphatic heterocycles. The minimum Gasteiger partial charge on any atom is -0.483 e. The van der Waals surface area contributed by atoms with Gasteiger partial charge in [-0.25, -0.2) is 0 Å². The van der Waals surface area contributed by atoms with Crippen LogP contribution in [-0.2, 0) is 6.42 Å². The Morgan fingerprint density at radius 1 is 1.14 bits per heavy atom. The van der Waals surface area contributed by atoms with Crippen molar-refractivity contribution in [2.75, 3.05) is 0 Å². The van der Waals surface area contributed by atoms with E-state index in [-0.39, 0.29) is 5.78 Å². The molecule has 0 saturated carbocycles. The summed E-state index contributed by atoms with van der Waals surface area (Å²) in [5.74, 6) is 0.776. The molecule has 0 bridgehead atoms. The topological polar surface area (TPSA) is 26.3 Å². The Kier molecular flexibility index (Phi) is 4.79. The summed E-state index contributed by atoms with van der Waals surface area (Å²) in [6, 6.07) is 13.8. The van der Waals surface area contributed by atoms with Gasteiger partial charge in [-0.2, -0.15) is 0 Å². The van der Waals surface area contributed by atoms with Crippen LogP contribution in [0.2, 0.25) is 0 Å². The molecular weight excluding hydrogens is 260 g/mol. The number of ether oxygens (including phenoxy) is 1. The van der Waals surface area contributed by atoms with Crippen LogP contribution in [0.5, 0.6) is 5.75 Å². The molecule has 2 rings (SSSR count). The lowest BCUT2D eigenvalue weighted by Crippen LogP contribution is -2.24. The molecule has 0 aliphatic rings. The maximum atomic E-state index is 12.6. The minimum atomic E-state index is -0.488. The van der Waals surface area contributed by atoms with E-state index in [0.717, 1.165) is 28.9 Å². The third kappa shape index (κ3) is 3.72. The fourth-order valence-corrected chi connectivity index (χ4v) is 2.32. The summed E-state index contributed by atoms with van der Waals surface area (Å²) in [4.78, 5) is 12.6. The maximum absolute atomic E-state index is 12.6. The van der Waals surface area contributed by atoms with E-state index in [1.165, 1.54) is 5.56 Å². The van der Waals surface area contributed by atoms with Crippen LogP contribution in [0.15, 0.2) is 42.5 Å². The van der Waals surface area contributed by atoms with E-state index in [0.29, 0.717) is 0 Å². The van der Waals surface area contributed by atoms with Crippen molar-refractivity contribution in [3.8, 4) is 5.75 Å². The van der Waals surface area contributed by atoms with Gasteiger partial charge < -0.3 is 4.74 Å². The molecule has 0 amide bonds. The van der Waals surface area contributed by atoms with Crippen molar-refractivity contribution in [1.29, 1.82) is 0 Å². The van der Waals surface area contributed by atoms with Gasteiger partial charge in [0.15, 0.2) is 6.10 Å². The first-order valence-corrected chi connectivity index (χ1v) is 7.38. The normalized spacial score (nSPS) is 12.0. The monoisotopic (exact) mass is 282 g/mol. The molecule has 1 unspecified atom stereocenters. The van der Waals surface area contributed by atoms with E-state index in [1.54, 1.807) is 0 Å². The Balaban J connectivity index is 2.17. The molecule has 0 heterocycles. The fourth-order valence-electron chi connectivity index (χ4n) is 2.32. The van der Waals surface area contributed by atoms with Gasteiger partial charge in [0.1, 0.15) is 5.75 Å². The average molecular weight is 282 g/mol. The molecule has 1 atom stereocenters. The quantitative estimate of drug-likeness (QED) is 0.754. The van der Waals surface area contributed by atoms with Gasteiger partial charge >= 0.3 is 0 Å². The molecule has 0 N–H and O–H groups in total. The van der Waals surface area contributed by atoms with Crippen LogP contribution >= 0.6 is 0 Å². The number of carbonyl (C=O) groups excluding carboxylic acids is 1. The molecule has 0 aliphatic carbocycles. The smallest absolute Gasteiger partial charge is 0.203 e. The molecule has 2 aromatic carbocycles. The highest BCUT2D eigenvalue weighted by Crippen LogP contribution is 2.19. The van der Waals surface area contributed by atoms with Gasteiger partial charge in [0.05, 0.1) is 0 Å². The maximum Gasteiger partial charge on any atom is 0.203 e. The van der Waals surface area contributed by atoms with E-state index >= 15 is 0 Å². The van der Waals surface area contributed by atoms with E-state index in [4.69, 9.17) is 4.74 Å². The second kappa shape index (κ2) is 6.57. The molecule has 0 saturated heterocycles. The molecular formula is C19H22O2. The summed E-state index contributed by atoms with van der Waals surface area (Å²) in [7, 11) is 0. The lowest BCUT2D eigenvalue weighted by Gasteiger charge is -2.16. The van der Waals surface area contributed by atoms with E-state index in [2.05, 4.69) is 13.0 Å². The molecule has 110 valence electrons. The lowest BCUT2D eigenvalue weighted by molar-refractivity contribution is 0.0817. The zero-order valence-electron chi connectivity index (χ0n) is 13.1. The predicted octanol–water partition coefficient (Wildman–Crippen LogP) is 4.52. The van der Waals surface area contributed by atoms with Gasteiger partial charge in [0.2, 0.25) is 5.78 Å². The molecule has 0 spiro atoms. The van der Waals surface area contributed by atoms with E-state index in [9.17, 15) is 4.79 Å². The first-order chi connectivity index (χ1) is 10.0. The zero-order chi connectivity index (χ0) is 15.4. The average Bonchev–Trinajstić information content (AvgIpc) is 2.49. The van der Waals surface area contributed by atoms with Gasteiger partial charge in [0, 0.05) is 5.56 Å². The SMILES string of the molecule is CCc1cccc(OC(C)C(=O)c2cc(C)ccc2C)c1. The van der Waals surface area contributed by atoms with Crippen LogP contribution in [0.3, 0.4) is 0 Å². The molecule has 21 heavy (non-hydrogen) atoms. The second-order valence-corrected chi connectivity index (χ2v) is 5.44. The van der Waals surface area contributed by atoms with Crippen molar-refractivity contribution < 1.29 is 9.53 Å². The molecule has 0 radical (unpaired) electrons. The van der Waals surface area contributed by atoms with Crippen molar-refractivity contribution in [3.05, 3.63) is 64.7 Å². The standard InChI is InChI=1S/C19H22O2/c1-5-16-7-6-8-17(12-16)21-15(4)19(20)18-11-13(2)9-10-14(18)3/h6-12,15H,5H2,1-4H3. The number of benzene rings is 2. The Morgan fingerprint density at radius 3 is 2.62 bits per heavy atom. The molecule has 0 aromatic heterocycles. The summed E-state index contributed by atoms with van der Waals surface area (Å²) in [5, 5.41) is 0. The Labute approximate surface area is 126 Å². The van der Waals surface area contributed by atoms with Crippen molar-refractivity contribution in [2.45, 2.75) is 40.2 Å². The second-order valence-electron chi connectivity index (χ2n) is 5.44. The Bertz CT molecular complexity index is 644. The molecule has 2 nitrogen and oxygen atoms in total. The van der Waals surface area contributed by atoms with Crippen LogP contribution in [0, 0.1) is 13.8 Å². The highest BCUT2D eigenvalue weighted by Gasteiger charge is 2.19. The minimum absolute atomic E-state index is 0.0260. The number of carbonyl (C=O) groups is 1. The van der Waals surface area contributed by atoms with Crippen LogP contribution in [-0.4, -0.2) is 11.9 Å². The van der Waals surface area contributed by atoms with E-state index in [1.807, 2.05) is 57.2 Å². The Hall–Kier alpha value is -2.09. The van der Waals surface area contributed by atoms with E-state index < -0.39 is 6.10 Å². The molecule has 2 heteroatoms. The number of rotatable bonds is 5. The van der Waals surface area contributed by atoms with Gasteiger partial charge in [0.25, 0.3) is 0 Å². The predicted molar refractivity (Wildman–Crippen MR) is 86.2 cm³/mol. The van der Waals surface area contributed by atoms with Crippen molar-refractivity contribution >= 4 is 5.78 Å². The summed E-state index contributed by atoms with van der Waals surface area (Å²) in [6.07, 6.45) is 0.467. The zero-order valence-corrected chi connectivity index (χ0v) is 13.1. The number of ketones is 1. The summed E-state index contributed by atoms with van der Waals surface area (Å²) >= 11 is 0. The van der Waals surface area contributed by atoms with Crippen molar-refractivity contribution in [1.82, 2.24) is 0 Å². The van der Waals surface area contributed by atoms with Crippen LogP contribution in [0.1, 0.15) is 40.9 Å². The number of Topliss-reactive ketones (excluding diaryl/α,β-unsaturated/α-hetero) is 1. The van der Waals surface area contributed by atoms with Gasteiger partial charge in [-0.1, -0.05) is 36.8 Å². The Morgan fingerprint density at radius 2 is 1.90 bits per heavy atom. The number of aryl methyl sites for hydroxylation is 3. The summed E-state index contributed by atoms with van der Waals surface area (Å²) in [6.45, 7) is 7.86. The molecule has 2 aromatic rings. The molecule has 0 fully saturated rings. The fraction of sp³-hybridized carbons (Fsp3) is 0.316. The van der Waals surface area contributed by atoms with Crippen LogP contribution in [0.4, 0.5) is 0 Å². The first kappa shape index (κ1) is 15.3. The third-order valence-electron chi connectivity index (χ3n) is 3.65. The highest BCUT2D eigenvalue weighted by molar-refractivity contribution is 6.00. The van der Waals surface area contributed by atoms with Crippen LogP contribution in [0.25, 0.3) is 0 Å². The summed E-state index contributed by atoms with van der Waals surface area (Å²) in [5.41, 5.74) is 4.03. The number of hydrogen-bond acceptors (Lipinski definition) is 2. The number of hydrogen-bond donors (Lipinski definition) is 0. The van der Waals surface area contributed by atoms with Gasteiger partial charge in [-0.05, 0) is 56.5 Å². The third-order valence-corrected chi connectivity index (χ3v) is 3.65. The van der Waals surface area contributed by atoms with Crippen molar-refractivity contribution in [2.24, 2.45) is 0 Å². The van der Waals surface area contributed by atoms with Gasteiger partial charge in [-0.15, -0.1) is 0 Å². The summed E-state index contributed by atoms with van der Waals surface area (Å²) < 4.78 is 5.82. The lowest BCUT2D eigenvalue weighted by atomic mass is 9.99. The van der Waals surface area contributed by atoms with Crippen LogP contribution < -0.4 is 4.74 Å².